The highest BCUT2D eigenvalue weighted by Gasteiger charge is 2.20. The van der Waals surface area contributed by atoms with Gasteiger partial charge in [-0.1, -0.05) is 0 Å². The summed E-state index contributed by atoms with van der Waals surface area (Å²) in [5, 5.41) is 0. The van der Waals surface area contributed by atoms with Crippen LogP contribution in [0, 0.1) is 5.82 Å². The van der Waals surface area contributed by atoms with Crippen LogP contribution in [-0.4, -0.2) is 19.3 Å². The van der Waals surface area contributed by atoms with E-state index in [1.54, 1.807) is 12.1 Å². The molecule has 0 saturated carbocycles. The Bertz CT molecular complexity index is 312. The van der Waals surface area contributed by atoms with Crippen molar-refractivity contribution in [3.05, 3.63) is 28.5 Å². The van der Waals surface area contributed by atoms with Gasteiger partial charge >= 0.3 is 0 Å². The zero-order valence-electron chi connectivity index (χ0n) is 6.80. The van der Waals surface area contributed by atoms with Crippen LogP contribution in [0.25, 0.3) is 0 Å². The molecule has 0 bridgehead atoms. The minimum Gasteiger partial charge on any atom is -0.485 e. The van der Waals surface area contributed by atoms with Crippen LogP contribution in [0.4, 0.5) is 4.39 Å². The van der Waals surface area contributed by atoms with E-state index in [4.69, 9.17) is 9.47 Å². The molecule has 1 aliphatic heterocycles. The maximum Gasteiger partial charge on any atom is 0.145 e. The van der Waals surface area contributed by atoms with Gasteiger partial charge in [0.2, 0.25) is 0 Å². The van der Waals surface area contributed by atoms with E-state index in [0.29, 0.717) is 23.4 Å². The van der Waals surface area contributed by atoms with Crippen LogP contribution in [0.5, 0.6) is 5.75 Å². The third-order valence-electron chi connectivity index (χ3n) is 1.80. The average Bonchev–Trinajstić information content (AvgIpc) is 2.04. The van der Waals surface area contributed by atoms with Crippen molar-refractivity contribution in [3.8, 4) is 5.75 Å². The molecule has 2 rings (SSSR count). The van der Waals surface area contributed by atoms with Crippen molar-refractivity contribution < 1.29 is 13.9 Å². The summed E-state index contributed by atoms with van der Waals surface area (Å²) in [5.74, 6) is 0.242. The predicted octanol–water partition coefficient (Wildman–Crippen LogP) is 2.37. The Balaban J connectivity index is 2.07. The molecule has 2 nitrogen and oxygen atoms in total. The van der Waals surface area contributed by atoms with Crippen molar-refractivity contribution in [1.29, 1.82) is 0 Å². The highest BCUT2D eigenvalue weighted by Crippen LogP contribution is 2.22. The summed E-state index contributed by atoms with van der Waals surface area (Å²) in [6.07, 6.45) is 0.0839. The molecule has 70 valence electrons. The molecule has 13 heavy (non-hydrogen) atoms. The second-order valence-electron chi connectivity index (χ2n) is 2.85. The Labute approximate surface area is 83.8 Å². The highest BCUT2D eigenvalue weighted by atomic mass is 79.9. The van der Waals surface area contributed by atoms with E-state index in [1.807, 2.05) is 0 Å². The lowest BCUT2D eigenvalue weighted by Gasteiger charge is -2.26. The predicted molar refractivity (Wildman–Crippen MR) is 49.3 cm³/mol. The smallest absolute Gasteiger partial charge is 0.145 e. The molecule has 0 N–H and O–H groups in total. The van der Waals surface area contributed by atoms with E-state index >= 15 is 0 Å². The molecular formula is C9H8BrFO2. The summed E-state index contributed by atoms with van der Waals surface area (Å²) in [4.78, 5) is 0. The highest BCUT2D eigenvalue weighted by molar-refractivity contribution is 9.10. The van der Waals surface area contributed by atoms with E-state index in [1.165, 1.54) is 6.07 Å². The molecule has 0 spiro atoms. The fourth-order valence-electron chi connectivity index (χ4n) is 1.02. The third kappa shape index (κ3) is 2.00. The first-order valence-electron chi connectivity index (χ1n) is 3.95. The van der Waals surface area contributed by atoms with Gasteiger partial charge in [-0.3, -0.25) is 0 Å². The zero-order chi connectivity index (χ0) is 9.26. The monoisotopic (exact) mass is 246 g/mol. The van der Waals surface area contributed by atoms with E-state index in [0.717, 1.165) is 0 Å². The summed E-state index contributed by atoms with van der Waals surface area (Å²) >= 11 is 3.07. The molecule has 0 unspecified atom stereocenters. The first-order valence-corrected chi connectivity index (χ1v) is 4.74. The Kier molecular flexibility index (Phi) is 2.51. The van der Waals surface area contributed by atoms with Gasteiger partial charge in [-0.25, -0.2) is 4.39 Å². The summed E-state index contributed by atoms with van der Waals surface area (Å²) in [5.41, 5.74) is 0. The fraction of sp³-hybridized carbons (Fsp3) is 0.333. The van der Waals surface area contributed by atoms with Crippen molar-refractivity contribution in [2.75, 3.05) is 13.2 Å². The van der Waals surface area contributed by atoms with Crippen LogP contribution >= 0.6 is 15.9 Å². The standard InChI is InChI=1S/C9H8BrFO2/c10-8-2-1-6(3-9(8)11)13-7-4-12-5-7/h1-3,7H,4-5H2. The second kappa shape index (κ2) is 3.64. The SMILES string of the molecule is Fc1cc(OC2COC2)ccc1Br. The second-order valence-corrected chi connectivity index (χ2v) is 3.71. The lowest BCUT2D eigenvalue weighted by molar-refractivity contribution is -0.0797. The number of hydrogen-bond acceptors (Lipinski definition) is 2. The molecule has 0 radical (unpaired) electrons. The van der Waals surface area contributed by atoms with E-state index in [-0.39, 0.29) is 11.9 Å². The molecule has 0 amide bonds. The summed E-state index contributed by atoms with van der Waals surface area (Å²) in [6, 6.07) is 4.72. The van der Waals surface area contributed by atoms with Crippen molar-refractivity contribution in [1.82, 2.24) is 0 Å². The van der Waals surface area contributed by atoms with Crippen molar-refractivity contribution in [2.45, 2.75) is 6.10 Å². The fourth-order valence-corrected chi connectivity index (χ4v) is 1.27. The topological polar surface area (TPSA) is 18.5 Å². The summed E-state index contributed by atoms with van der Waals surface area (Å²) in [6.45, 7) is 1.19. The maximum atomic E-state index is 13.0. The van der Waals surface area contributed by atoms with Gasteiger partial charge in [0.25, 0.3) is 0 Å². The quantitative estimate of drug-likeness (QED) is 0.798. The number of benzene rings is 1. The van der Waals surface area contributed by atoms with Gasteiger partial charge in [0.1, 0.15) is 17.7 Å². The van der Waals surface area contributed by atoms with Gasteiger partial charge in [-0.2, -0.15) is 0 Å². The Morgan fingerprint density at radius 1 is 1.46 bits per heavy atom. The molecule has 0 aliphatic carbocycles. The van der Waals surface area contributed by atoms with Gasteiger partial charge in [0, 0.05) is 6.07 Å². The Hall–Kier alpha value is -0.610. The Morgan fingerprint density at radius 3 is 2.77 bits per heavy atom. The van der Waals surface area contributed by atoms with Crippen LogP contribution in [0.3, 0.4) is 0 Å². The maximum absolute atomic E-state index is 13.0. The lowest BCUT2D eigenvalue weighted by Crippen LogP contribution is -2.38. The molecule has 0 aromatic heterocycles. The third-order valence-corrected chi connectivity index (χ3v) is 2.44. The van der Waals surface area contributed by atoms with Gasteiger partial charge in [0.15, 0.2) is 0 Å². The largest absolute Gasteiger partial charge is 0.485 e. The van der Waals surface area contributed by atoms with E-state index < -0.39 is 0 Å². The number of ether oxygens (including phenoxy) is 2. The number of halogens is 2. The minimum absolute atomic E-state index is 0.0839. The van der Waals surface area contributed by atoms with Crippen LogP contribution in [0.2, 0.25) is 0 Å². The summed E-state index contributed by atoms with van der Waals surface area (Å²) < 4.78 is 23.8. The number of rotatable bonds is 2. The first kappa shape index (κ1) is 8.97. The van der Waals surface area contributed by atoms with Crippen molar-refractivity contribution in [3.63, 3.8) is 0 Å². The molecule has 0 atom stereocenters. The molecule has 1 aromatic rings. The lowest BCUT2D eigenvalue weighted by atomic mass is 10.3. The molecule has 1 saturated heterocycles. The van der Waals surface area contributed by atoms with E-state index in [9.17, 15) is 4.39 Å². The zero-order valence-corrected chi connectivity index (χ0v) is 8.38. The molecule has 1 aromatic carbocycles. The van der Waals surface area contributed by atoms with Crippen LogP contribution in [0.1, 0.15) is 0 Å². The van der Waals surface area contributed by atoms with Crippen molar-refractivity contribution >= 4 is 15.9 Å². The van der Waals surface area contributed by atoms with Gasteiger partial charge in [-0.05, 0) is 28.1 Å². The van der Waals surface area contributed by atoms with E-state index in [2.05, 4.69) is 15.9 Å². The summed E-state index contributed by atoms with van der Waals surface area (Å²) in [7, 11) is 0. The van der Waals surface area contributed by atoms with Gasteiger partial charge < -0.3 is 9.47 Å². The minimum atomic E-state index is -0.308. The molecule has 1 heterocycles. The molecule has 4 heteroatoms. The first-order chi connectivity index (χ1) is 6.25. The average molecular weight is 247 g/mol. The van der Waals surface area contributed by atoms with Crippen molar-refractivity contribution in [2.24, 2.45) is 0 Å². The molecule has 1 aliphatic rings. The Morgan fingerprint density at radius 2 is 2.23 bits per heavy atom. The van der Waals surface area contributed by atoms with Crippen LogP contribution in [-0.2, 0) is 4.74 Å². The van der Waals surface area contributed by atoms with Crippen LogP contribution in [0.15, 0.2) is 22.7 Å². The molecular weight excluding hydrogens is 239 g/mol. The normalized spacial score (nSPS) is 16.8. The molecule has 1 fully saturated rings. The van der Waals surface area contributed by atoms with Gasteiger partial charge in [-0.15, -0.1) is 0 Å². The van der Waals surface area contributed by atoms with Crippen LogP contribution < -0.4 is 4.74 Å². The number of hydrogen-bond donors (Lipinski definition) is 0. The van der Waals surface area contributed by atoms with Gasteiger partial charge in [0.05, 0.1) is 17.7 Å².